The number of allylic oxidation sites excluding steroid dienone is 1. The number of fused-ring (bicyclic) bond motifs is 8. The Morgan fingerprint density at radius 1 is 0.444 bits per heavy atom. The van der Waals surface area contributed by atoms with Gasteiger partial charge in [-0.05, 0) is 188 Å². The molecule has 0 N–H and O–H groups in total. The fourth-order valence-corrected chi connectivity index (χ4v) is 14.4. The van der Waals surface area contributed by atoms with Crippen molar-refractivity contribution in [2.24, 2.45) is 9.98 Å². The number of halogens is 1. The molecular formula is C86H56B2FN10+2. The van der Waals surface area contributed by atoms with E-state index in [9.17, 15) is 5.26 Å². The Hall–Kier alpha value is -13.2. The zero-order valence-corrected chi connectivity index (χ0v) is 53.9. The van der Waals surface area contributed by atoms with E-state index in [0.29, 0.717) is 22.4 Å². The van der Waals surface area contributed by atoms with Crippen LogP contribution in [0, 0.1) is 31.8 Å². The van der Waals surface area contributed by atoms with Crippen LogP contribution in [0.2, 0.25) is 0 Å². The van der Waals surface area contributed by atoms with Gasteiger partial charge in [0.2, 0.25) is 16.7 Å². The van der Waals surface area contributed by atoms with Crippen LogP contribution in [0.3, 0.4) is 0 Å². The van der Waals surface area contributed by atoms with Crippen molar-refractivity contribution in [3.8, 4) is 50.6 Å². The van der Waals surface area contributed by atoms with Crippen LogP contribution in [0.1, 0.15) is 22.3 Å². The van der Waals surface area contributed by atoms with Gasteiger partial charge in [-0.15, -0.1) is 0 Å². The number of benzene rings is 12. The van der Waals surface area contributed by atoms with E-state index in [1.165, 1.54) is 21.9 Å². The molecule has 13 heteroatoms. The maximum atomic E-state index is 17.0. The Labute approximate surface area is 571 Å². The lowest BCUT2D eigenvalue weighted by Crippen LogP contribution is -2.58. The number of aryl methyl sites for hydroxylation is 2. The maximum Gasteiger partial charge on any atom is 0.727 e. The van der Waals surface area contributed by atoms with Gasteiger partial charge in [-0.1, -0.05) is 181 Å². The number of rotatable bonds is 12. The molecule has 0 saturated carbocycles. The summed E-state index contributed by atoms with van der Waals surface area (Å²) in [6.07, 6.45) is 3.99. The molecule has 10 nitrogen and oxygen atoms in total. The van der Waals surface area contributed by atoms with Crippen LogP contribution in [-0.2, 0) is 0 Å². The lowest BCUT2D eigenvalue weighted by Gasteiger charge is -2.26. The Balaban J connectivity index is 0.653. The molecule has 1 radical (unpaired) electrons. The van der Waals surface area contributed by atoms with Gasteiger partial charge in [0.15, 0.2) is 0 Å². The molecule has 0 atom stereocenters. The highest BCUT2D eigenvalue weighted by atomic mass is 19.1. The zero-order valence-electron chi connectivity index (χ0n) is 53.9. The summed E-state index contributed by atoms with van der Waals surface area (Å²) in [6, 6.07) is 102. The molecule has 461 valence electrons. The summed E-state index contributed by atoms with van der Waals surface area (Å²) in [6.45, 7) is 12.8. The number of pyridine rings is 2. The average molecular weight is 1270 g/mol. The van der Waals surface area contributed by atoms with E-state index in [0.717, 1.165) is 123 Å². The van der Waals surface area contributed by atoms with Crippen LogP contribution in [0.5, 0.6) is 0 Å². The number of anilines is 6. The third-order valence-corrected chi connectivity index (χ3v) is 19.5. The molecule has 12 aromatic carbocycles. The minimum absolute atomic E-state index is 0.247. The third kappa shape index (κ3) is 10.0. The monoisotopic (exact) mass is 1270 g/mol. The molecule has 0 fully saturated rings. The van der Waals surface area contributed by atoms with E-state index in [1.54, 1.807) is 8.96 Å². The molecule has 0 unspecified atom stereocenters. The topological polar surface area (TPSA) is 77.0 Å². The van der Waals surface area contributed by atoms with Crippen molar-refractivity contribution < 1.29 is 13.3 Å². The fourth-order valence-electron chi connectivity index (χ4n) is 14.4. The molecule has 0 bridgehead atoms. The normalized spacial score (nSPS) is 12.4. The minimum Gasteiger partial charge on any atom is -0.311 e. The lowest BCUT2D eigenvalue weighted by atomic mass is 9.99. The average Bonchev–Trinajstić information content (AvgIpc) is 1.57. The molecule has 6 heterocycles. The summed E-state index contributed by atoms with van der Waals surface area (Å²) in [5.41, 5.74) is 21.4. The van der Waals surface area contributed by atoms with Gasteiger partial charge < -0.3 is 14.3 Å². The highest BCUT2D eigenvalue weighted by molar-refractivity contribution is 6.42. The van der Waals surface area contributed by atoms with E-state index in [-0.39, 0.29) is 11.3 Å². The first-order chi connectivity index (χ1) is 48.7. The van der Waals surface area contributed by atoms with Gasteiger partial charge in [-0.3, -0.25) is 13.3 Å². The van der Waals surface area contributed by atoms with Crippen molar-refractivity contribution in [3.63, 3.8) is 0 Å². The molecule has 2 aliphatic rings. The lowest BCUT2D eigenvalue weighted by molar-refractivity contribution is -0.535. The molecule has 2 aliphatic heterocycles. The first kappa shape index (κ1) is 58.4. The molecule has 4 aromatic heterocycles. The first-order valence-corrected chi connectivity index (χ1v) is 33.0. The van der Waals surface area contributed by atoms with Gasteiger partial charge in [-0.2, -0.15) is 5.26 Å². The molecule has 0 spiro atoms. The van der Waals surface area contributed by atoms with Crippen molar-refractivity contribution in [2.45, 2.75) is 13.8 Å². The van der Waals surface area contributed by atoms with E-state index < -0.39 is 7.26 Å². The molecule has 99 heavy (non-hydrogen) atoms. The highest BCUT2D eigenvalue weighted by Crippen LogP contribution is 2.42. The van der Waals surface area contributed by atoms with Gasteiger partial charge in [-0.25, -0.2) is 9.32 Å². The van der Waals surface area contributed by atoms with Crippen molar-refractivity contribution in [3.05, 3.63) is 348 Å². The quantitative estimate of drug-likeness (QED) is 0.0529. The Kier molecular flexibility index (Phi) is 13.9. The van der Waals surface area contributed by atoms with E-state index in [4.69, 9.17) is 16.6 Å². The first-order valence-electron chi connectivity index (χ1n) is 33.0. The van der Waals surface area contributed by atoms with Crippen LogP contribution in [0.25, 0.3) is 104 Å². The second kappa shape index (κ2) is 23.6. The summed E-state index contributed by atoms with van der Waals surface area (Å²) < 4.78 is 24.6. The van der Waals surface area contributed by atoms with Crippen LogP contribution in [-0.4, -0.2) is 23.8 Å². The third-order valence-electron chi connectivity index (χ3n) is 19.5. The highest BCUT2D eigenvalue weighted by Gasteiger charge is 2.40. The van der Waals surface area contributed by atoms with Gasteiger partial charge in [0.1, 0.15) is 0 Å². The number of aromatic nitrogens is 4. The number of nitrogens with zero attached hydrogens (tertiary/aromatic N) is 10. The molecule has 0 aliphatic carbocycles. The smallest absolute Gasteiger partial charge is 0.311 e. The van der Waals surface area contributed by atoms with E-state index >= 15 is 4.32 Å². The molecule has 18 rings (SSSR count). The van der Waals surface area contributed by atoms with Gasteiger partial charge in [0, 0.05) is 79.2 Å². The van der Waals surface area contributed by atoms with Crippen LogP contribution >= 0.6 is 0 Å². The zero-order chi connectivity index (χ0) is 66.4. The summed E-state index contributed by atoms with van der Waals surface area (Å²) >= 11 is 0. The summed E-state index contributed by atoms with van der Waals surface area (Å²) in [5, 5.41) is 17.6. The second-order valence-electron chi connectivity index (χ2n) is 25.4. The summed E-state index contributed by atoms with van der Waals surface area (Å²) in [7, 11) is 0.629. The summed E-state index contributed by atoms with van der Waals surface area (Å²) in [5.74, 6) is 1.40. The predicted octanol–water partition coefficient (Wildman–Crippen LogP) is 19.3. The number of hydrogen-bond donors (Lipinski definition) is 0. The number of nitriles is 1. The van der Waals surface area contributed by atoms with Crippen molar-refractivity contribution in [1.82, 2.24) is 8.96 Å². The largest absolute Gasteiger partial charge is 0.727 e. The van der Waals surface area contributed by atoms with Crippen molar-refractivity contribution in [2.75, 3.05) is 9.80 Å². The van der Waals surface area contributed by atoms with Crippen molar-refractivity contribution in [1.29, 1.82) is 5.26 Å². The number of hydrogen-bond acceptors (Lipinski definition) is 5. The molecule has 0 amide bonds. The van der Waals surface area contributed by atoms with Crippen LogP contribution in [0.15, 0.2) is 314 Å². The van der Waals surface area contributed by atoms with Crippen LogP contribution in [0.4, 0.5) is 50.1 Å². The standard InChI is InChI=1S/C86H56B2FN10/c1-55-16-20-57(21-17-55)59-24-38-69(39-25-59)96(72-44-30-62(31-45-72)68-37-51-81-93-86-76-13-5-9-65-11-7-15-79(83(65)76)99(86)88(89)95(81)54-68)73-46-32-63(33-47-73)77(52-90)84(91-3)66-34-48-74(49-35-66)97(70-40-26-60(27-41-70)58-22-18-56(2)19-23-58)71-42-28-61(29-43-71)67-36-50-80-92-85-75-12-4-8-64-10-6-14-78(82(64)75)98(85)87-94(80)53-67/h4-51,53-54H,1-2H3/q+2/b84-77-. The van der Waals surface area contributed by atoms with Crippen LogP contribution < -0.4 is 29.7 Å². The van der Waals surface area contributed by atoms with Crippen molar-refractivity contribution >= 4 is 115 Å². The van der Waals surface area contributed by atoms with Gasteiger partial charge in [0.05, 0.1) is 41.4 Å². The molecule has 0 saturated heterocycles. The van der Waals surface area contributed by atoms with E-state index in [1.807, 2.05) is 91.1 Å². The second-order valence-corrected chi connectivity index (χ2v) is 25.4. The maximum absolute atomic E-state index is 17.0. The van der Waals surface area contributed by atoms with E-state index in [2.05, 4.69) is 264 Å². The Morgan fingerprint density at radius 3 is 1.31 bits per heavy atom. The Morgan fingerprint density at radius 2 is 0.828 bits per heavy atom. The fraction of sp³-hybridized carbons (Fsp3) is 0.0233. The van der Waals surface area contributed by atoms with Gasteiger partial charge >= 0.3 is 26.4 Å². The molecular weight excluding hydrogens is 1210 g/mol. The predicted molar refractivity (Wildman–Crippen MR) is 399 cm³/mol. The Bertz CT molecular complexity index is 6140. The van der Waals surface area contributed by atoms with Gasteiger partial charge in [0.25, 0.3) is 0 Å². The summed E-state index contributed by atoms with van der Waals surface area (Å²) in [4.78, 5) is 18.6. The SMILES string of the molecule is [C-]#[N+]/C(=C(/C#N)c1ccc(N(c2ccc(-c3ccc(C)cc3)cc2)c2ccc(-c3ccc4[n+](c3)B(F)n3c(c5cccc6cccc3c65)=N4)cc2)cc1)c1ccc(N(c2ccc(-c3ccc(C)cc3)cc2)c2ccc(-c3ccc4[n+](c3)[B]n3c(c5cccc6cccc3c65)=N4)cc2)cc1. The molecule has 16 aromatic rings. The minimum atomic E-state index is -1.50.